The van der Waals surface area contributed by atoms with Gasteiger partial charge < -0.3 is 14.0 Å². The van der Waals surface area contributed by atoms with E-state index in [1.54, 1.807) is 6.92 Å². The minimum absolute atomic E-state index is 0.00122. The molecule has 6 nitrogen and oxygen atoms in total. The van der Waals surface area contributed by atoms with Gasteiger partial charge in [-0.15, -0.1) is 0 Å². The van der Waals surface area contributed by atoms with Gasteiger partial charge in [0.2, 0.25) is 0 Å². The second-order valence-electron chi connectivity index (χ2n) is 7.55. The summed E-state index contributed by atoms with van der Waals surface area (Å²) in [4.78, 5) is 38.1. The number of rotatable bonds is 3. The molecule has 1 aromatic heterocycles. The summed E-state index contributed by atoms with van der Waals surface area (Å²) in [6.45, 7) is 3.73. The lowest BCUT2D eigenvalue weighted by Gasteiger charge is -2.28. The molecule has 6 heteroatoms. The van der Waals surface area contributed by atoms with Crippen molar-refractivity contribution in [2.24, 2.45) is 5.41 Å². The van der Waals surface area contributed by atoms with Crippen LogP contribution in [0.25, 0.3) is 0 Å². The van der Waals surface area contributed by atoms with Crippen LogP contribution < -0.4 is 5.56 Å². The molecule has 3 rings (SSSR count). The molecule has 1 aromatic rings. The third-order valence-electron chi connectivity index (χ3n) is 6.20. The Bertz CT molecular complexity index is 785. The zero-order chi connectivity index (χ0) is 19.1. The summed E-state index contributed by atoms with van der Waals surface area (Å²) in [6.07, 6.45) is 5.84. The molecule has 0 aromatic carbocycles. The average Bonchev–Trinajstić information content (AvgIpc) is 3.08. The summed E-state index contributed by atoms with van der Waals surface area (Å²) in [5.41, 5.74) is 1.83. The lowest BCUT2D eigenvalue weighted by Crippen LogP contribution is -2.42. The van der Waals surface area contributed by atoms with Crippen molar-refractivity contribution in [3.05, 3.63) is 32.7 Å². The Hall–Kier alpha value is -2.11. The maximum Gasteiger partial charge on any atom is 0.323 e. The molecular weight excluding hydrogens is 334 g/mol. The van der Waals surface area contributed by atoms with Crippen LogP contribution in [0, 0.1) is 19.3 Å². The van der Waals surface area contributed by atoms with Crippen LogP contribution >= 0.6 is 0 Å². The Kier molecular flexibility index (Phi) is 4.95. The monoisotopic (exact) mass is 361 g/mol. The SMILES string of the molecule is COC(=O)C1(C(=O)OC)Cc2c(c(C)n(C3CCCCC3)c(=O)c2C)C1. The fourth-order valence-electron chi connectivity index (χ4n) is 4.73. The van der Waals surface area contributed by atoms with Gasteiger partial charge in [-0.25, -0.2) is 0 Å². The summed E-state index contributed by atoms with van der Waals surface area (Å²) in [5.74, 6) is -1.20. The van der Waals surface area contributed by atoms with Crippen LogP contribution in [-0.2, 0) is 31.9 Å². The number of fused-ring (bicyclic) bond motifs is 1. The predicted octanol–water partition coefficient (Wildman–Crippen LogP) is 2.40. The van der Waals surface area contributed by atoms with Crippen molar-refractivity contribution >= 4 is 11.9 Å². The highest BCUT2D eigenvalue weighted by Gasteiger charge is 2.54. The van der Waals surface area contributed by atoms with E-state index in [4.69, 9.17) is 9.47 Å². The van der Waals surface area contributed by atoms with E-state index in [9.17, 15) is 14.4 Å². The minimum Gasteiger partial charge on any atom is -0.468 e. The van der Waals surface area contributed by atoms with Crippen molar-refractivity contribution in [3.8, 4) is 0 Å². The van der Waals surface area contributed by atoms with E-state index in [2.05, 4.69) is 0 Å². The molecule has 0 spiro atoms. The molecule has 26 heavy (non-hydrogen) atoms. The molecule has 2 aliphatic rings. The number of ether oxygens (including phenoxy) is 2. The van der Waals surface area contributed by atoms with Crippen molar-refractivity contribution in [2.45, 2.75) is 64.8 Å². The van der Waals surface area contributed by atoms with Gasteiger partial charge in [-0.05, 0) is 37.8 Å². The molecule has 0 bridgehead atoms. The number of aromatic nitrogens is 1. The maximum atomic E-state index is 13.1. The number of hydrogen-bond acceptors (Lipinski definition) is 5. The number of pyridine rings is 1. The van der Waals surface area contributed by atoms with Crippen LogP contribution in [0.5, 0.6) is 0 Å². The van der Waals surface area contributed by atoms with Gasteiger partial charge in [-0.1, -0.05) is 19.3 Å². The highest BCUT2D eigenvalue weighted by atomic mass is 16.5. The average molecular weight is 361 g/mol. The smallest absolute Gasteiger partial charge is 0.323 e. The molecule has 1 fully saturated rings. The van der Waals surface area contributed by atoms with Crippen molar-refractivity contribution in [3.63, 3.8) is 0 Å². The lowest BCUT2D eigenvalue weighted by atomic mass is 9.84. The summed E-state index contributed by atoms with van der Waals surface area (Å²) in [7, 11) is 2.55. The summed E-state index contributed by atoms with van der Waals surface area (Å²) >= 11 is 0. The summed E-state index contributed by atoms with van der Waals surface area (Å²) in [6, 6.07) is 0.200. The van der Waals surface area contributed by atoms with Crippen molar-refractivity contribution in [1.82, 2.24) is 4.57 Å². The lowest BCUT2D eigenvalue weighted by molar-refractivity contribution is -0.168. The second kappa shape index (κ2) is 6.89. The molecule has 1 saturated carbocycles. The van der Waals surface area contributed by atoms with E-state index in [-0.39, 0.29) is 24.4 Å². The molecule has 0 aliphatic heterocycles. The largest absolute Gasteiger partial charge is 0.468 e. The van der Waals surface area contributed by atoms with E-state index in [1.807, 2.05) is 11.5 Å². The van der Waals surface area contributed by atoms with E-state index < -0.39 is 17.4 Å². The third-order valence-corrected chi connectivity index (χ3v) is 6.20. The van der Waals surface area contributed by atoms with Crippen molar-refractivity contribution in [1.29, 1.82) is 0 Å². The van der Waals surface area contributed by atoms with Crippen molar-refractivity contribution in [2.75, 3.05) is 14.2 Å². The minimum atomic E-state index is -1.39. The Morgan fingerprint density at radius 1 is 0.962 bits per heavy atom. The zero-order valence-corrected chi connectivity index (χ0v) is 16.0. The van der Waals surface area contributed by atoms with Crippen molar-refractivity contribution < 1.29 is 19.1 Å². The molecule has 1 heterocycles. The molecule has 2 aliphatic carbocycles. The molecule has 0 radical (unpaired) electrons. The molecular formula is C20H27NO5. The van der Waals surface area contributed by atoms with E-state index in [1.165, 1.54) is 20.6 Å². The maximum absolute atomic E-state index is 13.1. The number of hydrogen-bond donors (Lipinski definition) is 0. The van der Waals surface area contributed by atoms with Gasteiger partial charge in [0, 0.05) is 30.1 Å². The summed E-state index contributed by atoms with van der Waals surface area (Å²) < 4.78 is 11.7. The fraction of sp³-hybridized carbons (Fsp3) is 0.650. The van der Waals surface area contributed by atoms with Crippen LogP contribution in [0.3, 0.4) is 0 Å². The van der Waals surface area contributed by atoms with Gasteiger partial charge in [-0.2, -0.15) is 0 Å². The van der Waals surface area contributed by atoms with Crippen LogP contribution in [-0.4, -0.2) is 30.7 Å². The number of methoxy groups -OCH3 is 2. The highest BCUT2D eigenvalue weighted by molar-refractivity contribution is 6.01. The van der Waals surface area contributed by atoms with Crippen LogP contribution in [0.2, 0.25) is 0 Å². The van der Waals surface area contributed by atoms with Gasteiger partial charge in [0.15, 0.2) is 5.41 Å². The zero-order valence-electron chi connectivity index (χ0n) is 16.0. The van der Waals surface area contributed by atoms with Crippen LogP contribution in [0.1, 0.15) is 60.5 Å². The fourth-order valence-corrected chi connectivity index (χ4v) is 4.73. The van der Waals surface area contributed by atoms with Gasteiger partial charge >= 0.3 is 11.9 Å². The van der Waals surface area contributed by atoms with Gasteiger partial charge in [0.05, 0.1) is 14.2 Å². The standard InChI is InChI=1S/C20H27NO5/c1-12-15-10-20(18(23)25-3,19(24)26-4)11-16(15)13(2)21(17(12)22)14-8-6-5-7-9-14/h14H,5-11H2,1-4H3. The number of esters is 2. The third kappa shape index (κ3) is 2.66. The normalized spacial score (nSPS) is 19.1. The summed E-state index contributed by atoms with van der Waals surface area (Å²) in [5, 5.41) is 0. The van der Waals surface area contributed by atoms with Gasteiger partial charge in [0.25, 0.3) is 5.56 Å². The number of carbonyl (C=O) groups is 2. The highest BCUT2D eigenvalue weighted by Crippen LogP contribution is 2.42. The molecule has 0 amide bonds. The first-order chi connectivity index (χ1) is 12.4. The van der Waals surface area contributed by atoms with Gasteiger partial charge in [0.1, 0.15) is 0 Å². The second-order valence-corrected chi connectivity index (χ2v) is 7.55. The Balaban J connectivity index is 2.14. The number of carbonyl (C=O) groups excluding carboxylic acids is 2. The first-order valence-electron chi connectivity index (χ1n) is 9.27. The predicted molar refractivity (Wildman–Crippen MR) is 96.2 cm³/mol. The number of nitrogens with zero attached hydrogens (tertiary/aromatic N) is 1. The quantitative estimate of drug-likeness (QED) is 0.610. The molecule has 0 unspecified atom stereocenters. The molecule has 142 valence electrons. The first kappa shape index (κ1) is 18.7. The Morgan fingerprint density at radius 2 is 1.50 bits per heavy atom. The Morgan fingerprint density at radius 3 is 2.04 bits per heavy atom. The van der Waals surface area contributed by atoms with E-state index >= 15 is 0 Å². The molecule has 0 N–H and O–H groups in total. The Labute approximate surface area is 153 Å². The van der Waals surface area contributed by atoms with E-state index in [0.717, 1.165) is 42.5 Å². The van der Waals surface area contributed by atoms with Crippen LogP contribution in [0.15, 0.2) is 4.79 Å². The van der Waals surface area contributed by atoms with E-state index in [0.29, 0.717) is 5.56 Å². The topological polar surface area (TPSA) is 74.6 Å². The van der Waals surface area contributed by atoms with Crippen LogP contribution in [0.4, 0.5) is 0 Å². The first-order valence-corrected chi connectivity index (χ1v) is 9.27. The molecule has 0 saturated heterocycles. The van der Waals surface area contributed by atoms with Gasteiger partial charge in [-0.3, -0.25) is 14.4 Å². The molecule has 0 atom stereocenters.